The molecule has 0 spiro atoms. The number of imide groups is 1. The number of nitrogens with zero attached hydrogens (tertiary/aromatic N) is 3. The number of hydrogen-bond donors (Lipinski definition) is 3. The van der Waals surface area contributed by atoms with Crippen LogP contribution < -0.4 is 20.3 Å². The van der Waals surface area contributed by atoms with Crippen molar-refractivity contribution >= 4 is 45.2 Å². The molecule has 0 bridgehead atoms. The number of carbonyl (C=O) groups excluding carboxylic acids is 2. The molecule has 0 radical (unpaired) electrons. The second-order valence-electron chi connectivity index (χ2n) is 12.5. The fourth-order valence-corrected chi connectivity index (χ4v) is 8.14. The molecule has 16 heteroatoms. The Labute approximate surface area is 310 Å². The monoisotopic (exact) mass is 768 g/mol. The Hall–Kier alpha value is -4.48. The van der Waals surface area contributed by atoms with Gasteiger partial charge in [0.15, 0.2) is 0 Å². The number of thioether (sulfide) groups is 1. The number of benzene rings is 3. The molecule has 0 saturated carbocycles. The number of fused-ring (bicyclic) bond motifs is 1. The Morgan fingerprint density at radius 2 is 1.77 bits per heavy atom. The Morgan fingerprint density at radius 1 is 1.00 bits per heavy atom. The summed E-state index contributed by atoms with van der Waals surface area (Å²) >= 11 is 1.50. The molecule has 3 aromatic carbocycles. The third kappa shape index (κ3) is 9.74. The predicted octanol–water partition coefficient (Wildman–Crippen LogP) is 5.79. The van der Waals surface area contributed by atoms with Crippen molar-refractivity contribution in [3.8, 4) is 0 Å². The fraction of sp³-hybridized carbons (Fsp3) is 0.324. The fourth-order valence-electron chi connectivity index (χ4n) is 6.19. The molecule has 1 aromatic heterocycles. The highest BCUT2D eigenvalue weighted by molar-refractivity contribution is 7.99. The molecule has 1 atom stereocenters. The Balaban J connectivity index is 1.25. The summed E-state index contributed by atoms with van der Waals surface area (Å²) in [5, 5.41) is 6.22. The van der Waals surface area contributed by atoms with E-state index in [2.05, 4.69) is 20.5 Å². The zero-order chi connectivity index (χ0) is 37.4. The third-order valence-corrected chi connectivity index (χ3v) is 11.4. The molecule has 11 nitrogen and oxygen atoms in total. The maximum atomic E-state index is 14.6. The molecule has 6 rings (SSSR count). The largest absolute Gasteiger partial charge is 0.418 e. The van der Waals surface area contributed by atoms with Gasteiger partial charge in [-0.25, -0.2) is 27.8 Å². The van der Waals surface area contributed by atoms with Gasteiger partial charge in [0.25, 0.3) is 15.9 Å². The van der Waals surface area contributed by atoms with Crippen molar-refractivity contribution in [3.63, 3.8) is 0 Å². The number of ether oxygens (including phenoxy) is 1. The summed E-state index contributed by atoms with van der Waals surface area (Å²) in [7, 11) is -4.93. The number of pyridine rings is 1. The number of alkyl halides is 3. The summed E-state index contributed by atoms with van der Waals surface area (Å²) in [4.78, 5) is 34.7. The van der Waals surface area contributed by atoms with Crippen molar-refractivity contribution in [3.05, 3.63) is 113 Å². The number of rotatable bonds is 12. The molecular formula is C37H39F3N6O5S2. The summed E-state index contributed by atoms with van der Waals surface area (Å²) in [6, 6.07) is 19.7. The summed E-state index contributed by atoms with van der Waals surface area (Å²) in [5.74, 6) is -0.567. The minimum atomic E-state index is -4.95. The molecule has 3 N–H and O–H groups in total. The average molecular weight is 769 g/mol. The highest BCUT2D eigenvalue weighted by Crippen LogP contribution is 2.37. The quantitative estimate of drug-likeness (QED) is 0.152. The molecule has 0 unspecified atom stereocenters. The smallest absolute Gasteiger partial charge is 0.381 e. The van der Waals surface area contributed by atoms with Crippen LogP contribution in [0, 0.1) is 0 Å². The van der Waals surface area contributed by atoms with E-state index in [4.69, 9.17) is 4.74 Å². The lowest BCUT2D eigenvalue weighted by molar-refractivity contribution is -0.137. The summed E-state index contributed by atoms with van der Waals surface area (Å²) in [6.45, 7) is 4.29. The Bertz CT molecular complexity index is 2000. The lowest BCUT2D eigenvalue weighted by Gasteiger charge is -2.29. The number of urea groups is 1. The van der Waals surface area contributed by atoms with Gasteiger partial charge >= 0.3 is 12.2 Å². The van der Waals surface area contributed by atoms with Gasteiger partial charge in [-0.2, -0.15) is 13.2 Å². The molecule has 2 aliphatic rings. The van der Waals surface area contributed by atoms with E-state index < -0.39 is 44.6 Å². The van der Waals surface area contributed by atoms with Crippen LogP contribution in [0.15, 0.2) is 101 Å². The van der Waals surface area contributed by atoms with Crippen molar-refractivity contribution in [2.45, 2.75) is 41.4 Å². The van der Waals surface area contributed by atoms with Crippen molar-refractivity contribution < 1.29 is 35.9 Å². The highest BCUT2D eigenvalue weighted by atomic mass is 32.2. The number of sulfonamides is 1. The Kier molecular flexibility index (Phi) is 12.4. The second-order valence-corrected chi connectivity index (χ2v) is 15.3. The maximum absolute atomic E-state index is 14.6. The first kappa shape index (κ1) is 38.3. The van der Waals surface area contributed by atoms with Crippen LogP contribution in [-0.2, 0) is 33.9 Å². The SMILES string of the molecule is O=C(NS(=O)(=O)c1ccc(N[C@H](CCN2CCOCC2)CSc2ccccc2)c(C(F)(F)F)c1)N(C(=O)c1cccc2c1CNCC2)c1ccccn1. The van der Waals surface area contributed by atoms with E-state index in [0.29, 0.717) is 68.0 Å². The van der Waals surface area contributed by atoms with E-state index in [0.717, 1.165) is 35.7 Å². The van der Waals surface area contributed by atoms with Crippen molar-refractivity contribution in [1.82, 2.24) is 19.9 Å². The van der Waals surface area contributed by atoms with E-state index in [1.165, 1.54) is 36.2 Å². The number of nitrogens with one attached hydrogen (secondary N) is 3. The van der Waals surface area contributed by atoms with Crippen molar-refractivity contribution in [1.29, 1.82) is 0 Å². The van der Waals surface area contributed by atoms with Gasteiger partial charge in [-0.15, -0.1) is 11.8 Å². The Morgan fingerprint density at radius 3 is 2.51 bits per heavy atom. The second kappa shape index (κ2) is 17.1. The molecule has 53 heavy (non-hydrogen) atoms. The number of amides is 3. The molecule has 1 fully saturated rings. The van der Waals surface area contributed by atoms with Crippen LogP contribution in [0.3, 0.4) is 0 Å². The van der Waals surface area contributed by atoms with Gasteiger partial charge in [0.2, 0.25) is 0 Å². The van der Waals surface area contributed by atoms with Crippen LogP contribution in [-0.4, -0.2) is 81.4 Å². The van der Waals surface area contributed by atoms with Crippen LogP contribution in [0.1, 0.15) is 33.5 Å². The van der Waals surface area contributed by atoms with Gasteiger partial charge in [-0.1, -0.05) is 36.4 Å². The minimum Gasteiger partial charge on any atom is -0.381 e. The molecule has 3 heterocycles. The topological polar surface area (TPSA) is 133 Å². The third-order valence-electron chi connectivity index (χ3n) is 8.94. The molecule has 280 valence electrons. The van der Waals surface area contributed by atoms with E-state index in [1.54, 1.807) is 12.1 Å². The zero-order valence-corrected chi connectivity index (χ0v) is 30.3. The number of carbonyl (C=O) groups is 2. The lowest BCUT2D eigenvalue weighted by Crippen LogP contribution is -2.47. The molecule has 2 aliphatic heterocycles. The summed E-state index contributed by atoms with van der Waals surface area (Å²) in [6.07, 6.45) is -2.46. The highest BCUT2D eigenvalue weighted by Gasteiger charge is 2.37. The maximum Gasteiger partial charge on any atom is 0.418 e. The van der Waals surface area contributed by atoms with Gasteiger partial charge in [0.05, 0.1) is 23.7 Å². The van der Waals surface area contributed by atoms with Crippen LogP contribution in [0.25, 0.3) is 0 Å². The first-order valence-corrected chi connectivity index (χ1v) is 19.6. The number of hydrogen-bond acceptors (Lipinski definition) is 10. The van der Waals surface area contributed by atoms with E-state index >= 15 is 0 Å². The standard InChI is InChI=1S/C37H39F3N6O5S2/c38-37(39,40)32-23-29(12-13-33(32)43-27(15-18-45-19-21-51-22-20-45)25-52-28-8-2-1-3-9-28)53(49,50)44-36(48)46(34-11-4-5-16-42-34)35(47)30-10-6-7-26-14-17-41-24-31(26)30/h1-13,16,23,27,41,43H,14-15,17-22,24-25H2,(H,44,48)/t27-/m1/s1. The van der Waals surface area contributed by atoms with Gasteiger partial charge in [0, 0.05) is 60.3 Å². The number of morpholine rings is 1. The normalized spacial score (nSPS) is 15.6. The first-order valence-electron chi connectivity index (χ1n) is 17.1. The predicted molar refractivity (Wildman–Crippen MR) is 197 cm³/mol. The van der Waals surface area contributed by atoms with Gasteiger partial charge < -0.3 is 15.4 Å². The van der Waals surface area contributed by atoms with E-state index in [-0.39, 0.29) is 17.1 Å². The van der Waals surface area contributed by atoms with Crippen LogP contribution >= 0.6 is 11.8 Å². The minimum absolute atomic E-state index is 0.163. The zero-order valence-electron chi connectivity index (χ0n) is 28.6. The molecule has 3 amide bonds. The number of aromatic nitrogens is 1. The first-order chi connectivity index (χ1) is 25.5. The summed E-state index contributed by atoms with van der Waals surface area (Å²) in [5.41, 5.74) is 0.213. The van der Waals surface area contributed by atoms with Crippen LogP contribution in [0.4, 0.5) is 29.5 Å². The van der Waals surface area contributed by atoms with Gasteiger partial charge in [-0.3, -0.25) is 9.69 Å². The van der Waals surface area contributed by atoms with Crippen LogP contribution in [0.5, 0.6) is 0 Å². The van der Waals surface area contributed by atoms with Gasteiger partial charge in [0.1, 0.15) is 5.82 Å². The van der Waals surface area contributed by atoms with E-state index in [1.807, 2.05) is 41.1 Å². The molecule has 4 aromatic rings. The molecular weight excluding hydrogens is 730 g/mol. The van der Waals surface area contributed by atoms with E-state index in [9.17, 15) is 31.2 Å². The van der Waals surface area contributed by atoms with Crippen molar-refractivity contribution in [2.24, 2.45) is 0 Å². The number of anilines is 2. The molecule has 1 saturated heterocycles. The van der Waals surface area contributed by atoms with Crippen LogP contribution in [0.2, 0.25) is 0 Å². The summed E-state index contributed by atoms with van der Waals surface area (Å²) < 4.78 is 78.3. The molecule has 0 aliphatic carbocycles. The van der Waals surface area contributed by atoms with Crippen molar-refractivity contribution in [2.75, 3.05) is 55.4 Å². The average Bonchev–Trinajstić information content (AvgIpc) is 3.16. The number of halogens is 3. The van der Waals surface area contributed by atoms with Gasteiger partial charge in [-0.05, 0) is 79.0 Å². The lowest BCUT2D eigenvalue weighted by atomic mass is 9.95.